The van der Waals surface area contributed by atoms with Gasteiger partial charge in [-0.3, -0.25) is 0 Å². The van der Waals surface area contributed by atoms with Crippen molar-refractivity contribution in [1.29, 1.82) is 5.26 Å². The maximum atomic E-state index is 10.1. The highest BCUT2D eigenvalue weighted by Gasteiger charge is 2.28. The molecule has 1 heteroatoms. The van der Waals surface area contributed by atoms with Crippen LogP contribution in [0.3, 0.4) is 0 Å². The van der Waals surface area contributed by atoms with Gasteiger partial charge in [-0.2, -0.15) is 5.26 Å². The molecule has 0 aliphatic rings. The highest BCUT2D eigenvalue weighted by molar-refractivity contribution is 4.98. The summed E-state index contributed by atoms with van der Waals surface area (Å²) in [6.07, 6.45) is 32.1. The first-order valence-corrected chi connectivity index (χ1v) is 13.4. The highest BCUT2D eigenvalue weighted by Crippen LogP contribution is 2.36. The van der Waals surface area contributed by atoms with Gasteiger partial charge in [-0.05, 0) is 44.9 Å². The van der Waals surface area contributed by atoms with E-state index in [2.05, 4.69) is 26.2 Å². The van der Waals surface area contributed by atoms with Crippen LogP contribution in [0.1, 0.15) is 148 Å². The molecule has 0 aromatic rings. The van der Waals surface area contributed by atoms with Crippen molar-refractivity contribution in [1.82, 2.24) is 0 Å². The molecule has 174 valence electrons. The number of allylic oxidation sites excluding steroid dienone is 2. The Kier molecular flexibility index (Phi) is 21.9. The zero-order chi connectivity index (χ0) is 22.2. The molecule has 0 N–H and O–H groups in total. The van der Waals surface area contributed by atoms with Crippen LogP contribution in [0.2, 0.25) is 0 Å². The average molecular weight is 416 g/mol. The Labute approximate surface area is 190 Å². The SMILES string of the molecule is C=CCCCCCCCCCC(C#N)(CCCCC)CCCCCCCCCC=C. The van der Waals surface area contributed by atoms with E-state index in [0.29, 0.717) is 0 Å². The number of rotatable bonds is 24. The number of hydrogen-bond acceptors (Lipinski definition) is 1. The number of unbranched alkanes of at least 4 members (excludes halogenated alkanes) is 16. The fraction of sp³-hybridized carbons (Fsp3) is 0.828. The van der Waals surface area contributed by atoms with Crippen LogP contribution in [-0.4, -0.2) is 0 Å². The zero-order valence-corrected chi connectivity index (χ0v) is 20.6. The number of hydrogen-bond donors (Lipinski definition) is 0. The third-order valence-corrected chi connectivity index (χ3v) is 6.62. The first-order valence-electron chi connectivity index (χ1n) is 13.4. The number of nitrogens with zero attached hydrogens (tertiary/aromatic N) is 1. The summed E-state index contributed by atoms with van der Waals surface area (Å²) in [6, 6.07) is 2.81. The number of nitriles is 1. The summed E-state index contributed by atoms with van der Waals surface area (Å²) in [5, 5.41) is 10.1. The van der Waals surface area contributed by atoms with Crippen LogP contribution in [0.15, 0.2) is 25.3 Å². The molecule has 0 bridgehead atoms. The zero-order valence-electron chi connectivity index (χ0n) is 20.6. The Morgan fingerprint density at radius 2 is 0.900 bits per heavy atom. The minimum atomic E-state index is -0.0386. The molecule has 0 aromatic carbocycles. The molecule has 0 aliphatic carbocycles. The molecule has 0 fully saturated rings. The fourth-order valence-electron chi connectivity index (χ4n) is 4.53. The van der Waals surface area contributed by atoms with Crippen LogP contribution in [0.4, 0.5) is 0 Å². The third kappa shape index (κ3) is 17.8. The van der Waals surface area contributed by atoms with Crippen LogP contribution < -0.4 is 0 Å². The smallest absolute Gasteiger partial charge is 0.0689 e. The van der Waals surface area contributed by atoms with Gasteiger partial charge in [0, 0.05) is 0 Å². The molecule has 0 amide bonds. The summed E-state index contributed by atoms with van der Waals surface area (Å²) in [7, 11) is 0. The first kappa shape index (κ1) is 29.0. The normalized spacial score (nSPS) is 11.3. The maximum absolute atomic E-state index is 10.1. The Hall–Kier alpha value is -1.03. The van der Waals surface area contributed by atoms with Gasteiger partial charge in [0.25, 0.3) is 0 Å². The van der Waals surface area contributed by atoms with Gasteiger partial charge >= 0.3 is 0 Å². The first-order chi connectivity index (χ1) is 14.7. The van der Waals surface area contributed by atoms with E-state index in [0.717, 1.165) is 32.1 Å². The second kappa shape index (κ2) is 22.7. The molecule has 0 spiro atoms. The van der Waals surface area contributed by atoms with E-state index >= 15 is 0 Å². The predicted molar refractivity (Wildman–Crippen MR) is 136 cm³/mol. The van der Waals surface area contributed by atoms with Crippen molar-refractivity contribution in [2.24, 2.45) is 5.41 Å². The fourth-order valence-corrected chi connectivity index (χ4v) is 4.53. The summed E-state index contributed by atoms with van der Waals surface area (Å²) in [5.41, 5.74) is -0.0386. The molecule has 0 heterocycles. The molecule has 0 aromatic heterocycles. The monoisotopic (exact) mass is 415 g/mol. The van der Waals surface area contributed by atoms with E-state index in [1.165, 1.54) is 109 Å². The van der Waals surface area contributed by atoms with Crippen molar-refractivity contribution in [2.45, 2.75) is 148 Å². The summed E-state index contributed by atoms with van der Waals surface area (Å²) in [5.74, 6) is 0. The second-order valence-electron chi connectivity index (χ2n) is 9.45. The van der Waals surface area contributed by atoms with Crippen LogP contribution >= 0.6 is 0 Å². The molecule has 0 unspecified atom stereocenters. The van der Waals surface area contributed by atoms with Gasteiger partial charge in [-0.15, -0.1) is 13.2 Å². The van der Waals surface area contributed by atoms with Crippen molar-refractivity contribution >= 4 is 0 Å². The van der Waals surface area contributed by atoms with E-state index in [4.69, 9.17) is 0 Å². The molecule has 0 saturated carbocycles. The second-order valence-corrected chi connectivity index (χ2v) is 9.45. The van der Waals surface area contributed by atoms with Gasteiger partial charge in [0.2, 0.25) is 0 Å². The van der Waals surface area contributed by atoms with Crippen LogP contribution in [0, 0.1) is 16.7 Å². The molecule has 0 saturated heterocycles. The molecule has 0 atom stereocenters. The Bertz CT molecular complexity index is 391. The van der Waals surface area contributed by atoms with E-state index in [1.54, 1.807) is 0 Å². The van der Waals surface area contributed by atoms with E-state index in [-0.39, 0.29) is 5.41 Å². The molecule has 0 rings (SSSR count). The summed E-state index contributed by atoms with van der Waals surface area (Å²) >= 11 is 0. The Balaban J connectivity index is 4.07. The van der Waals surface area contributed by atoms with Gasteiger partial charge in [0.15, 0.2) is 0 Å². The lowest BCUT2D eigenvalue weighted by atomic mass is 9.75. The van der Waals surface area contributed by atoms with Crippen LogP contribution in [-0.2, 0) is 0 Å². The molecule has 0 radical (unpaired) electrons. The van der Waals surface area contributed by atoms with Crippen LogP contribution in [0.5, 0.6) is 0 Å². The maximum Gasteiger partial charge on any atom is 0.0689 e. The standard InChI is InChI=1S/C29H53N/c1-4-7-10-12-14-16-18-20-23-26-29(28-30,25-22-9-6-3)27-24-21-19-17-15-13-11-8-5-2/h4-5H,1-2,6-27H2,3H3. The van der Waals surface area contributed by atoms with Gasteiger partial charge in [-0.25, -0.2) is 0 Å². The van der Waals surface area contributed by atoms with E-state index in [9.17, 15) is 5.26 Å². The lowest BCUT2D eigenvalue weighted by Crippen LogP contribution is -2.19. The summed E-state index contributed by atoms with van der Waals surface area (Å²) in [6.45, 7) is 9.86. The van der Waals surface area contributed by atoms with E-state index in [1.807, 2.05) is 12.2 Å². The minimum Gasteiger partial charge on any atom is -0.198 e. The van der Waals surface area contributed by atoms with Crippen molar-refractivity contribution in [2.75, 3.05) is 0 Å². The largest absolute Gasteiger partial charge is 0.198 e. The topological polar surface area (TPSA) is 23.8 Å². The van der Waals surface area contributed by atoms with Crippen molar-refractivity contribution in [3.05, 3.63) is 25.3 Å². The summed E-state index contributed by atoms with van der Waals surface area (Å²) < 4.78 is 0. The molecular formula is C29H53N. The quantitative estimate of drug-likeness (QED) is 0.114. The van der Waals surface area contributed by atoms with Crippen molar-refractivity contribution in [3.63, 3.8) is 0 Å². The Morgan fingerprint density at radius 3 is 1.23 bits per heavy atom. The third-order valence-electron chi connectivity index (χ3n) is 6.62. The van der Waals surface area contributed by atoms with Gasteiger partial charge < -0.3 is 0 Å². The Morgan fingerprint density at radius 1 is 0.567 bits per heavy atom. The van der Waals surface area contributed by atoms with E-state index < -0.39 is 0 Å². The minimum absolute atomic E-state index is 0.0386. The average Bonchev–Trinajstić information content (AvgIpc) is 2.76. The highest BCUT2D eigenvalue weighted by atomic mass is 14.4. The van der Waals surface area contributed by atoms with Gasteiger partial charge in [0.05, 0.1) is 11.5 Å². The van der Waals surface area contributed by atoms with Crippen molar-refractivity contribution < 1.29 is 0 Å². The van der Waals surface area contributed by atoms with Gasteiger partial charge in [-0.1, -0.05) is 115 Å². The summed E-state index contributed by atoms with van der Waals surface area (Å²) in [4.78, 5) is 0. The lowest BCUT2D eigenvalue weighted by molar-refractivity contribution is 0.275. The van der Waals surface area contributed by atoms with Crippen LogP contribution in [0.25, 0.3) is 0 Å². The molecule has 0 aliphatic heterocycles. The molecule has 30 heavy (non-hydrogen) atoms. The van der Waals surface area contributed by atoms with Gasteiger partial charge in [0.1, 0.15) is 0 Å². The predicted octanol–water partition coefficient (Wildman–Crippen LogP) is 10.5. The molecular weight excluding hydrogens is 362 g/mol. The molecule has 1 nitrogen and oxygen atoms in total. The lowest BCUT2D eigenvalue weighted by Gasteiger charge is -2.27. The van der Waals surface area contributed by atoms with Crippen molar-refractivity contribution in [3.8, 4) is 6.07 Å².